The maximum atomic E-state index is 11.6. The first-order valence-electron chi connectivity index (χ1n) is 11.6. The topological polar surface area (TPSA) is 52.6 Å². The van der Waals surface area contributed by atoms with Gasteiger partial charge in [-0.15, -0.1) is 0 Å². The molecule has 0 heterocycles. The fraction of sp³-hybridized carbons (Fsp3) is 0.481. The molecule has 2 rings (SSSR count). The molecule has 0 N–H and O–H groups in total. The number of rotatable bonds is 13. The molecule has 0 bridgehead atoms. The van der Waals surface area contributed by atoms with Gasteiger partial charge in [-0.05, 0) is 37.1 Å². The minimum absolute atomic E-state index is 0.209. The Balaban J connectivity index is 0.000000316. The summed E-state index contributed by atoms with van der Waals surface area (Å²) in [5, 5.41) is 0. The van der Waals surface area contributed by atoms with Crippen LogP contribution in [0.5, 0.6) is 0 Å². The highest BCUT2D eigenvalue weighted by atomic mass is 16.5. The van der Waals surface area contributed by atoms with E-state index in [1.54, 1.807) is 24.3 Å². The van der Waals surface area contributed by atoms with Gasteiger partial charge in [0.2, 0.25) is 0 Å². The molecule has 2 aromatic rings. The van der Waals surface area contributed by atoms with Crippen LogP contribution < -0.4 is 0 Å². The Morgan fingerprint density at radius 3 is 1.35 bits per heavy atom. The van der Waals surface area contributed by atoms with Gasteiger partial charge in [-0.1, -0.05) is 95.2 Å². The van der Waals surface area contributed by atoms with Crippen molar-refractivity contribution in [3.8, 4) is 0 Å². The fourth-order valence-corrected chi connectivity index (χ4v) is 2.88. The van der Waals surface area contributed by atoms with E-state index >= 15 is 0 Å². The molecule has 0 unspecified atom stereocenters. The summed E-state index contributed by atoms with van der Waals surface area (Å²) in [7, 11) is 0. The van der Waals surface area contributed by atoms with Gasteiger partial charge in [0.05, 0.1) is 24.3 Å². The van der Waals surface area contributed by atoms with E-state index < -0.39 is 0 Å². The number of hydrogen-bond acceptors (Lipinski definition) is 4. The maximum Gasteiger partial charge on any atom is 0.338 e. The van der Waals surface area contributed by atoms with Crippen LogP contribution in [0.15, 0.2) is 60.7 Å². The fourth-order valence-electron chi connectivity index (χ4n) is 2.88. The first kappa shape index (κ1) is 26.4. The number of benzene rings is 2. The van der Waals surface area contributed by atoms with Crippen molar-refractivity contribution >= 4 is 11.9 Å². The maximum absolute atomic E-state index is 11.6. The Bertz CT molecular complexity index is 698. The summed E-state index contributed by atoms with van der Waals surface area (Å²) in [6, 6.07) is 18.2. The Labute approximate surface area is 188 Å². The lowest BCUT2D eigenvalue weighted by Crippen LogP contribution is -2.06. The van der Waals surface area contributed by atoms with Gasteiger partial charge >= 0.3 is 11.9 Å². The molecule has 0 aromatic heterocycles. The predicted octanol–water partition coefficient (Wildman–Crippen LogP) is 7.24. The third-order valence-electron chi connectivity index (χ3n) is 4.73. The summed E-state index contributed by atoms with van der Waals surface area (Å²) in [5.74, 6) is -0.430. The van der Waals surface area contributed by atoms with Gasteiger partial charge in [0, 0.05) is 0 Å². The number of unbranched alkanes of at least 4 members (excludes halogenated alkanes) is 7. The molecule has 0 saturated heterocycles. The molecule has 4 heteroatoms. The monoisotopic (exact) mass is 426 g/mol. The first-order chi connectivity index (χ1) is 15.2. The number of esters is 2. The molecule has 0 amide bonds. The van der Waals surface area contributed by atoms with Crippen LogP contribution >= 0.6 is 0 Å². The number of ether oxygens (including phenoxy) is 2. The van der Waals surface area contributed by atoms with E-state index in [4.69, 9.17) is 9.47 Å². The predicted molar refractivity (Wildman–Crippen MR) is 126 cm³/mol. The van der Waals surface area contributed by atoms with Gasteiger partial charge in [0.15, 0.2) is 0 Å². The highest BCUT2D eigenvalue weighted by Crippen LogP contribution is 2.06. The van der Waals surface area contributed by atoms with Gasteiger partial charge in [0.25, 0.3) is 0 Å². The quantitative estimate of drug-likeness (QED) is 0.250. The van der Waals surface area contributed by atoms with Crippen molar-refractivity contribution in [2.75, 3.05) is 13.2 Å². The van der Waals surface area contributed by atoms with Crippen LogP contribution in [0.3, 0.4) is 0 Å². The largest absolute Gasteiger partial charge is 0.462 e. The molecule has 31 heavy (non-hydrogen) atoms. The second-order valence-electron chi connectivity index (χ2n) is 7.48. The Kier molecular flexibility index (Phi) is 15.5. The molecule has 170 valence electrons. The van der Waals surface area contributed by atoms with Gasteiger partial charge in [-0.2, -0.15) is 0 Å². The Morgan fingerprint density at radius 1 is 0.548 bits per heavy atom. The van der Waals surface area contributed by atoms with Crippen molar-refractivity contribution in [2.24, 2.45) is 0 Å². The van der Waals surface area contributed by atoms with Crippen molar-refractivity contribution in [1.82, 2.24) is 0 Å². The summed E-state index contributed by atoms with van der Waals surface area (Å²) in [5.41, 5.74) is 1.27. The lowest BCUT2D eigenvalue weighted by atomic mass is 10.1. The normalized spacial score (nSPS) is 10.0. The summed E-state index contributed by atoms with van der Waals surface area (Å²) >= 11 is 0. The third kappa shape index (κ3) is 13.3. The second kappa shape index (κ2) is 18.2. The van der Waals surface area contributed by atoms with E-state index in [0.29, 0.717) is 24.3 Å². The third-order valence-corrected chi connectivity index (χ3v) is 4.73. The highest BCUT2D eigenvalue weighted by molar-refractivity contribution is 5.89. The van der Waals surface area contributed by atoms with Gasteiger partial charge in [-0.3, -0.25) is 0 Å². The molecule has 2 aromatic carbocycles. The first-order valence-corrected chi connectivity index (χ1v) is 11.6. The molecular weight excluding hydrogens is 388 g/mol. The molecule has 0 saturated carbocycles. The van der Waals surface area contributed by atoms with Crippen LogP contribution in [0.2, 0.25) is 0 Å². The van der Waals surface area contributed by atoms with Crippen LogP contribution in [0.1, 0.15) is 92.4 Å². The van der Waals surface area contributed by atoms with Crippen LogP contribution in [0.25, 0.3) is 0 Å². The van der Waals surface area contributed by atoms with E-state index in [1.165, 1.54) is 25.7 Å². The minimum atomic E-state index is -0.221. The number of hydrogen-bond donors (Lipinski definition) is 0. The van der Waals surface area contributed by atoms with Crippen LogP contribution in [-0.2, 0) is 9.47 Å². The SMILES string of the molecule is CCCCCCCCOC(=O)c1ccccc1.CCCCCOC(=O)c1ccccc1. The molecule has 0 aliphatic carbocycles. The lowest BCUT2D eigenvalue weighted by molar-refractivity contribution is 0.0488. The van der Waals surface area contributed by atoms with E-state index in [9.17, 15) is 9.59 Å². The molecule has 0 aliphatic rings. The van der Waals surface area contributed by atoms with Crippen molar-refractivity contribution in [2.45, 2.75) is 71.6 Å². The van der Waals surface area contributed by atoms with Crippen molar-refractivity contribution < 1.29 is 19.1 Å². The second-order valence-corrected chi connectivity index (χ2v) is 7.48. The molecule has 0 radical (unpaired) electrons. The van der Waals surface area contributed by atoms with E-state index in [1.807, 2.05) is 36.4 Å². The molecular formula is C27H38O4. The summed E-state index contributed by atoms with van der Waals surface area (Å²) in [4.78, 5) is 22.9. The van der Waals surface area contributed by atoms with Gasteiger partial charge < -0.3 is 9.47 Å². The van der Waals surface area contributed by atoms with Gasteiger partial charge in [-0.25, -0.2) is 9.59 Å². The molecule has 0 spiro atoms. The smallest absolute Gasteiger partial charge is 0.338 e. The highest BCUT2D eigenvalue weighted by Gasteiger charge is 2.05. The van der Waals surface area contributed by atoms with E-state index in [-0.39, 0.29) is 11.9 Å². The van der Waals surface area contributed by atoms with E-state index in [0.717, 1.165) is 32.1 Å². The van der Waals surface area contributed by atoms with Crippen molar-refractivity contribution in [3.05, 3.63) is 71.8 Å². The Morgan fingerprint density at radius 2 is 0.903 bits per heavy atom. The Hall–Kier alpha value is -2.62. The summed E-state index contributed by atoms with van der Waals surface area (Å²) < 4.78 is 10.3. The van der Waals surface area contributed by atoms with Crippen LogP contribution in [-0.4, -0.2) is 25.2 Å². The molecule has 4 nitrogen and oxygen atoms in total. The summed E-state index contributed by atoms with van der Waals surface area (Å²) in [6.45, 7) is 5.40. The van der Waals surface area contributed by atoms with Crippen molar-refractivity contribution in [1.29, 1.82) is 0 Å². The lowest BCUT2D eigenvalue weighted by Gasteiger charge is -2.04. The van der Waals surface area contributed by atoms with Crippen LogP contribution in [0.4, 0.5) is 0 Å². The minimum Gasteiger partial charge on any atom is -0.462 e. The number of carbonyl (C=O) groups is 2. The molecule has 0 atom stereocenters. The standard InChI is InChI=1S/C15H22O2.C12H16O2/c1-2-3-4-5-6-10-13-17-15(16)14-11-8-7-9-12-14;1-2-3-7-10-14-12(13)11-8-5-4-6-9-11/h7-9,11-12H,2-6,10,13H2,1H3;4-6,8-9H,2-3,7,10H2,1H3. The average molecular weight is 427 g/mol. The van der Waals surface area contributed by atoms with Gasteiger partial charge in [0.1, 0.15) is 0 Å². The van der Waals surface area contributed by atoms with Crippen LogP contribution in [0, 0.1) is 0 Å². The molecule has 0 fully saturated rings. The average Bonchev–Trinajstić information content (AvgIpc) is 2.82. The number of carbonyl (C=O) groups excluding carboxylic acids is 2. The zero-order valence-electron chi connectivity index (χ0n) is 19.2. The summed E-state index contributed by atoms with van der Waals surface area (Å²) in [6.07, 6.45) is 10.5. The molecule has 0 aliphatic heterocycles. The zero-order chi connectivity index (χ0) is 22.6. The van der Waals surface area contributed by atoms with E-state index in [2.05, 4.69) is 13.8 Å². The zero-order valence-corrected chi connectivity index (χ0v) is 19.2. The van der Waals surface area contributed by atoms with Crippen molar-refractivity contribution in [3.63, 3.8) is 0 Å².